The molecular weight excluding hydrogens is 298 g/mol. The van der Waals surface area contributed by atoms with Gasteiger partial charge in [0.05, 0.1) is 5.69 Å². The summed E-state index contributed by atoms with van der Waals surface area (Å²) in [5, 5.41) is 3.71. The minimum absolute atomic E-state index is 0.0668. The Hall–Kier alpha value is -1.92. The Morgan fingerprint density at radius 3 is 2.73 bits per heavy atom. The van der Waals surface area contributed by atoms with Crippen molar-refractivity contribution in [3.8, 4) is 5.75 Å². The fourth-order valence-electron chi connectivity index (χ4n) is 1.86. The van der Waals surface area contributed by atoms with Gasteiger partial charge in [-0.15, -0.1) is 11.3 Å². The van der Waals surface area contributed by atoms with Crippen LogP contribution >= 0.6 is 11.3 Å². The van der Waals surface area contributed by atoms with Crippen molar-refractivity contribution in [1.82, 2.24) is 15.2 Å². The van der Waals surface area contributed by atoms with Crippen LogP contribution in [-0.2, 0) is 6.61 Å². The molecule has 1 aromatic heterocycles. The SMILES string of the molecule is Cc1nc(COc2ccccc2)sc1C(=O)NCCN(C)C. The standard InChI is InChI=1S/C16H21N3O2S/c1-12-15(16(20)17-9-10-19(2)3)22-14(18-12)11-21-13-7-5-4-6-8-13/h4-8H,9-11H2,1-3H3,(H,17,20). The van der Waals surface area contributed by atoms with Crippen LogP contribution in [0.25, 0.3) is 0 Å². The van der Waals surface area contributed by atoms with Crippen molar-refractivity contribution in [2.24, 2.45) is 0 Å². The Bertz CT molecular complexity index is 611. The average molecular weight is 319 g/mol. The molecule has 0 bridgehead atoms. The molecule has 2 rings (SSSR count). The summed E-state index contributed by atoms with van der Waals surface area (Å²) in [6, 6.07) is 9.58. The van der Waals surface area contributed by atoms with Crippen molar-refractivity contribution < 1.29 is 9.53 Å². The molecule has 118 valence electrons. The minimum Gasteiger partial charge on any atom is -0.486 e. The maximum absolute atomic E-state index is 12.1. The van der Waals surface area contributed by atoms with E-state index in [1.807, 2.05) is 56.3 Å². The van der Waals surface area contributed by atoms with Crippen LogP contribution in [0, 0.1) is 6.92 Å². The van der Waals surface area contributed by atoms with Gasteiger partial charge in [-0.25, -0.2) is 4.98 Å². The van der Waals surface area contributed by atoms with Crippen molar-refractivity contribution in [3.63, 3.8) is 0 Å². The lowest BCUT2D eigenvalue weighted by molar-refractivity contribution is 0.0954. The summed E-state index contributed by atoms with van der Waals surface area (Å²) >= 11 is 1.38. The van der Waals surface area contributed by atoms with Gasteiger partial charge in [-0.3, -0.25) is 4.79 Å². The second kappa shape index (κ2) is 7.91. The van der Waals surface area contributed by atoms with E-state index in [0.717, 1.165) is 23.0 Å². The fourth-order valence-corrected chi connectivity index (χ4v) is 2.75. The van der Waals surface area contributed by atoms with Gasteiger partial charge < -0.3 is 15.0 Å². The molecule has 1 heterocycles. The molecule has 1 amide bonds. The van der Waals surface area contributed by atoms with E-state index >= 15 is 0 Å². The van der Waals surface area contributed by atoms with Gasteiger partial charge in [-0.05, 0) is 33.2 Å². The summed E-state index contributed by atoms with van der Waals surface area (Å²) in [5.74, 6) is 0.732. The van der Waals surface area contributed by atoms with Crippen LogP contribution in [0.3, 0.4) is 0 Å². The fraction of sp³-hybridized carbons (Fsp3) is 0.375. The summed E-state index contributed by atoms with van der Waals surface area (Å²) in [7, 11) is 3.95. The maximum Gasteiger partial charge on any atom is 0.263 e. The first-order valence-electron chi connectivity index (χ1n) is 7.13. The van der Waals surface area contributed by atoms with Gasteiger partial charge in [-0.2, -0.15) is 0 Å². The molecule has 22 heavy (non-hydrogen) atoms. The predicted molar refractivity (Wildman–Crippen MR) is 88.5 cm³/mol. The number of ether oxygens (including phenoxy) is 1. The van der Waals surface area contributed by atoms with E-state index in [1.54, 1.807) is 0 Å². The van der Waals surface area contributed by atoms with Gasteiger partial charge >= 0.3 is 0 Å². The number of thiazole rings is 1. The highest BCUT2D eigenvalue weighted by atomic mass is 32.1. The lowest BCUT2D eigenvalue weighted by Crippen LogP contribution is -2.31. The molecule has 1 N–H and O–H groups in total. The van der Waals surface area contributed by atoms with Crippen LogP contribution in [0.5, 0.6) is 5.75 Å². The molecule has 0 aliphatic carbocycles. The van der Waals surface area contributed by atoms with Gasteiger partial charge in [0, 0.05) is 13.1 Å². The Balaban J connectivity index is 1.91. The Labute approximate surface area is 134 Å². The average Bonchev–Trinajstić information content (AvgIpc) is 2.87. The zero-order chi connectivity index (χ0) is 15.9. The van der Waals surface area contributed by atoms with Crippen LogP contribution in [-0.4, -0.2) is 43.0 Å². The number of aromatic nitrogens is 1. The third-order valence-corrected chi connectivity index (χ3v) is 4.13. The molecule has 6 heteroatoms. The third-order valence-electron chi connectivity index (χ3n) is 3.00. The van der Waals surface area contributed by atoms with Crippen molar-refractivity contribution in [1.29, 1.82) is 0 Å². The predicted octanol–water partition coefficient (Wildman–Crippen LogP) is 2.32. The summed E-state index contributed by atoms with van der Waals surface area (Å²) in [6.07, 6.45) is 0. The number of aryl methyl sites for hydroxylation is 1. The first-order chi connectivity index (χ1) is 10.6. The van der Waals surface area contributed by atoms with Gasteiger partial charge in [-0.1, -0.05) is 18.2 Å². The lowest BCUT2D eigenvalue weighted by atomic mass is 10.3. The number of likely N-dealkylation sites (N-methyl/N-ethyl adjacent to an activating group) is 1. The molecule has 0 fully saturated rings. The highest BCUT2D eigenvalue weighted by Crippen LogP contribution is 2.20. The summed E-state index contributed by atoms with van der Waals surface area (Å²) in [6.45, 7) is 3.66. The highest BCUT2D eigenvalue weighted by molar-refractivity contribution is 7.13. The van der Waals surface area contributed by atoms with Crippen molar-refractivity contribution in [3.05, 3.63) is 45.9 Å². The van der Waals surface area contributed by atoms with E-state index in [2.05, 4.69) is 10.3 Å². The van der Waals surface area contributed by atoms with Crippen LogP contribution in [0.4, 0.5) is 0 Å². The Morgan fingerprint density at radius 2 is 2.05 bits per heavy atom. The zero-order valence-electron chi connectivity index (χ0n) is 13.1. The number of carbonyl (C=O) groups excluding carboxylic acids is 1. The van der Waals surface area contributed by atoms with Crippen LogP contribution in [0.15, 0.2) is 30.3 Å². The van der Waals surface area contributed by atoms with E-state index in [4.69, 9.17) is 4.74 Å². The number of rotatable bonds is 7. The van der Waals surface area contributed by atoms with E-state index in [1.165, 1.54) is 11.3 Å². The zero-order valence-corrected chi connectivity index (χ0v) is 13.9. The third kappa shape index (κ3) is 4.82. The monoisotopic (exact) mass is 319 g/mol. The van der Waals surface area contributed by atoms with Gasteiger partial charge in [0.1, 0.15) is 22.2 Å². The largest absolute Gasteiger partial charge is 0.486 e. The van der Waals surface area contributed by atoms with Crippen LogP contribution in [0.1, 0.15) is 20.4 Å². The Kier molecular flexibility index (Phi) is 5.91. The van der Waals surface area contributed by atoms with E-state index < -0.39 is 0 Å². The highest BCUT2D eigenvalue weighted by Gasteiger charge is 2.15. The van der Waals surface area contributed by atoms with Crippen molar-refractivity contribution in [2.75, 3.05) is 27.2 Å². The van der Waals surface area contributed by atoms with E-state index in [-0.39, 0.29) is 5.91 Å². The summed E-state index contributed by atoms with van der Waals surface area (Å²) < 4.78 is 5.66. The molecule has 0 unspecified atom stereocenters. The molecule has 0 radical (unpaired) electrons. The minimum atomic E-state index is -0.0668. The molecule has 0 atom stereocenters. The second-order valence-electron chi connectivity index (χ2n) is 5.18. The van der Waals surface area contributed by atoms with Gasteiger partial charge in [0.15, 0.2) is 0 Å². The van der Waals surface area contributed by atoms with Gasteiger partial charge in [0.25, 0.3) is 5.91 Å². The smallest absolute Gasteiger partial charge is 0.263 e. The number of amides is 1. The van der Waals surface area contributed by atoms with Gasteiger partial charge in [0.2, 0.25) is 0 Å². The summed E-state index contributed by atoms with van der Waals surface area (Å²) in [5.41, 5.74) is 0.749. The topological polar surface area (TPSA) is 54.5 Å². The molecule has 2 aromatic rings. The molecule has 0 saturated heterocycles. The van der Waals surface area contributed by atoms with Crippen LogP contribution in [0.2, 0.25) is 0 Å². The molecule has 1 aromatic carbocycles. The number of para-hydroxylation sites is 1. The quantitative estimate of drug-likeness (QED) is 0.851. The maximum atomic E-state index is 12.1. The molecule has 0 saturated carbocycles. The lowest BCUT2D eigenvalue weighted by Gasteiger charge is -2.09. The molecular formula is C16H21N3O2S. The first kappa shape index (κ1) is 16.5. The number of benzene rings is 1. The molecule has 0 spiro atoms. The first-order valence-corrected chi connectivity index (χ1v) is 7.95. The van der Waals surface area contributed by atoms with Crippen molar-refractivity contribution in [2.45, 2.75) is 13.5 Å². The molecule has 5 nitrogen and oxygen atoms in total. The second-order valence-corrected chi connectivity index (χ2v) is 6.27. The van der Waals surface area contributed by atoms with Crippen LogP contribution < -0.4 is 10.1 Å². The normalized spacial score (nSPS) is 10.7. The molecule has 0 aliphatic rings. The number of carbonyl (C=O) groups is 1. The number of hydrogen-bond acceptors (Lipinski definition) is 5. The number of hydrogen-bond donors (Lipinski definition) is 1. The Morgan fingerprint density at radius 1 is 1.32 bits per heavy atom. The number of nitrogens with one attached hydrogen (secondary N) is 1. The van der Waals surface area contributed by atoms with E-state index in [9.17, 15) is 4.79 Å². The number of nitrogens with zero attached hydrogens (tertiary/aromatic N) is 2. The molecule has 0 aliphatic heterocycles. The van der Waals surface area contributed by atoms with E-state index in [0.29, 0.717) is 18.0 Å². The summed E-state index contributed by atoms with van der Waals surface area (Å²) in [4.78, 5) is 19.2. The van der Waals surface area contributed by atoms with Crippen molar-refractivity contribution >= 4 is 17.2 Å².